The zero-order chi connectivity index (χ0) is 16.6. The van der Waals surface area contributed by atoms with Crippen LogP contribution in [0.25, 0.3) is 0 Å². The zero-order valence-electron chi connectivity index (χ0n) is 14.4. The number of carbonyl (C=O) groups is 1. The average Bonchev–Trinajstić information content (AvgIpc) is 3.15. The summed E-state index contributed by atoms with van der Waals surface area (Å²) < 4.78 is 1.80. The second-order valence-corrected chi connectivity index (χ2v) is 6.78. The number of hydrogen-bond donors (Lipinski definition) is 1. The van der Waals surface area contributed by atoms with E-state index in [0.29, 0.717) is 18.2 Å². The van der Waals surface area contributed by atoms with E-state index in [-0.39, 0.29) is 11.4 Å². The average molecular weight is 311 g/mol. The molecule has 3 rings (SSSR count). The lowest BCUT2D eigenvalue weighted by Crippen LogP contribution is -2.36. The van der Waals surface area contributed by atoms with Gasteiger partial charge in [-0.1, -0.05) is 38.1 Å². The van der Waals surface area contributed by atoms with Crippen molar-refractivity contribution < 1.29 is 4.79 Å². The van der Waals surface area contributed by atoms with Crippen molar-refractivity contribution in [1.82, 2.24) is 15.1 Å². The highest BCUT2D eigenvalue weighted by Gasteiger charge is 2.46. The number of aromatic nitrogens is 2. The first-order valence-electron chi connectivity index (χ1n) is 8.43. The molecule has 23 heavy (non-hydrogen) atoms. The van der Waals surface area contributed by atoms with Crippen LogP contribution in [0.4, 0.5) is 0 Å². The van der Waals surface area contributed by atoms with Crippen LogP contribution in [0, 0.1) is 6.92 Å². The standard InChI is InChI=1S/C19H25N3O/c1-5-22-17(12-16(21-22)13(2)3)18(23)20-19(10-11-19)15-9-7-6-8-14(15)4/h6-9,12-13H,5,10-11H2,1-4H3,(H,20,23). The van der Waals surface area contributed by atoms with E-state index in [2.05, 4.69) is 43.3 Å². The Morgan fingerprint density at radius 3 is 2.61 bits per heavy atom. The van der Waals surface area contributed by atoms with Gasteiger partial charge in [0.1, 0.15) is 5.69 Å². The Hall–Kier alpha value is -2.10. The molecule has 1 fully saturated rings. The van der Waals surface area contributed by atoms with Crippen molar-refractivity contribution in [3.8, 4) is 0 Å². The van der Waals surface area contributed by atoms with Crippen LogP contribution in [-0.2, 0) is 12.1 Å². The van der Waals surface area contributed by atoms with Gasteiger partial charge in [-0.2, -0.15) is 5.10 Å². The smallest absolute Gasteiger partial charge is 0.270 e. The van der Waals surface area contributed by atoms with Crippen molar-refractivity contribution in [1.29, 1.82) is 0 Å². The number of hydrogen-bond acceptors (Lipinski definition) is 2. The molecule has 1 aromatic heterocycles. The molecule has 2 aromatic rings. The summed E-state index contributed by atoms with van der Waals surface area (Å²) >= 11 is 0. The fraction of sp³-hybridized carbons (Fsp3) is 0.474. The summed E-state index contributed by atoms with van der Waals surface area (Å²) in [4.78, 5) is 12.8. The minimum Gasteiger partial charge on any atom is -0.341 e. The fourth-order valence-electron chi connectivity index (χ4n) is 3.12. The Bertz CT molecular complexity index is 726. The lowest BCUT2D eigenvalue weighted by atomic mass is 9.99. The molecule has 0 atom stereocenters. The van der Waals surface area contributed by atoms with E-state index in [0.717, 1.165) is 18.5 Å². The lowest BCUT2D eigenvalue weighted by Gasteiger charge is -2.20. The molecule has 1 saturated carbocycles. The minimum absolute atomic E-state index is 0.0213. The zero-order valence-corrected chi connectivity index (χ0v) is 14.4. The summed E-state index contributed by atoms with van der Waals surface area (Å²) in [5.41, 5.74) is 3.91. The molecule has 1 N–H and O–H groups in total. The van der Waals surface area contributed by atoms with Crippen molar-refractivity contribution in [3.63, 3.8) is 0 Å². The molecule has 4 heteroatoms. The van der Waals surface area contributed by atoms with Crippen LogP contribution in [0.1, 0.15) is 66.8 Å². The molecule has 4 nitrogen and oxygen atoms in total. The Kier molecular flexibility index (Phi) is 4.00. The second-order valence-electron chi connectivity index (χ2n) is 6.78. The van der Waals surface area contributed by atoms with Gasteiger partial charge in [0.05, 0.1) is 11.2 Å². The maximum Gasteiger partial charge on any atom is 0.270 e. The van der Waals surface area contributed by atoms with Gasteiger partial charge in [-0.15, -0.1) is 0 Å². The quantitative estimate of drug-likeness (QED) is 0.914. The number of aryl methyl sites for hydroxylation is 2. The summed E-state index contributed by atoms with van der Waals surface area (Å²) in [5.74, 6) is 0.299. The van der Waals surface area contributed by atoms with Crippen molar-refractivity contribution in [2.24, 2.45) is 0 Å². The summed E-state index contributed by atoms with van der Waals surface area (Å²) in [6.45, 7) is 9.02. The summed E-state index contributed by atoms with van der Waals surface area (Å²) in [7, 11) is 0. The first-order valence-corrected chi connectivity index (χ1v) is 8.43. The highest BCUT2D eigenvalue weighted by Crippen LogP contribution is 2.46. The molecule has 0 aliphatic heterocycles. The van der Waals surface area contributed by atoms with Gasteiger partial charge in [-0.3, -0.25) is 9.48 Å². The molecular weight excluding hydrogens is 286 g/mol. The molecule has 122 valence electrons. The van der Waals surface area contributed by atoms with Crippen molar-refractivity contribution in [3.05, 3.63) is 52.8 Å². The van der Waals surface area contributed by atoms with Gasteiger partial charge >= 0.3 is 0 Å². The molecule has 1 aliphatic rings. The highest BCUT2D eigenvalue weighted by molar-refractivity contribution is 5.93. The first-order chi connectivity index (χ1) is 11.0. The van der Waals surface area contributed by atoms with Crippen LogP contribution in [0.3, 0.4) is 0 Å². The molecular formula is C19H25N3O. The molecule has 1 amide bonds. The maximum absolute atomic E-state index is 12.8. The fourth-order valence-corrected chi connectivity index (χ4v) is 3.12. The van der Waals surface area contributed by atoms with Crippen LogP contribution >= 0.6 is 0 Å². The SMILES string of the molecule is CCn1nc(C(C)C)cc1C(=O)NC1(c2ccccc2C)CC1. The number of benzene rings is 1. The normalized spacial score (nSPS) is 15.7. The van der Waals surface area contributed by atoms with E-state index in [1.165, 1.54) is 11.1 Å². The second kappa shape index (κ2) is 5.84. The van der Waals surface area contributed by atoms with E-state index < -0.39 is 0 Å². The van der Waals surface area contributed by atoms with Crippen LogP contribution in [-0.4, -0.2) is 15.7 Å². The van der Waals surface area contributed by atoms with Crippen molar-refractivity contribution in [2.75, 3.05) is 0 Å². The third-order valence-corrected chi connectivity index (χ3v) is 4.69. The van der Waals surface area contributed by atoms with Gasteiger partial charge in [0.15, 0.2) is 0 Å². The van der Waals surface area contributed by atoms with E-state index in [1.54, 1.807) is 4.68 Å². The van der Waals surface area contributed by atoms with E-state index in [1.807, 2.05) is 25.1 Å². The van der Waals surface area contributed by atoms with Crippen molar-refractivity contribution in [2.45, 2.75) is 58.5 Å². The number of rotatable bonds is 5. The van der Waals surface area contributed by atoms with Crippen LogP contribution < -0.4 is 5.32 Å². The Labute approximate surface area is 137 Å². The molecule has 1 heterocycles. The van der Waals surface area contributed by atoms with Gasteiger partial charge in [-0.25, -0.2) is 0 Å². The third-order valence-electron chi connectivity index (χ3n) is 4.69. The Morgan fingerprint density at radius 1 is 1.35 bits per heavy atom. The highest BCUT2D eigenvalue weighted by atomic mass is 16.2. The largest absolute Gasteiger partial charge is 0.341 e. The van der Waals surface area contributed by atoms with Gasteiger partial charge in [0.25, 0.3) is 5.91 Å². The Balaban J connectivity index is 1.86. The molecule has 1 aromatic carbocycles. The summed E-state index contributed by atoms with van der Waals surface area (Å²) in [6.07, 6.45) is 2.00. The monoisotopic (exact) mass is 311 g/mol. The van der Waals surface area contributed by atoms with Gasteiger partial charge < -0.3 is 5.32 Å². The molecule has 0 bridgehead atoms. The van der Waals surface area contributed by atoms with Crippen LogP contribution in [0.15, 0.2) is 30.3 Å². The molecule has 0 unspecified atom stereocenters. The number of amides is 1. The molecule has 0 saturated heterocycles. The number of nitrogens with zero attached hydrogens (tertiary/aromatic N) is 2. The summed E-state index contributed by atoms with van der Waals surface area (Å²) in [6, 6.07) is 10.2. The van der Waals surface area contributed by atoms with Crippen LogP contribution in [0.5, 0.6) is 0 Å². The van der Waals surface area contributed by atoms with E-state index >= 15 is 0 Å². The van der Waals surface area contributed by atoms with Crippen LogP contribution in [0.2, 0.25) is 0 Å². The minimum atomic E-state index is -0.191. The topological polar surface area (TPSA) is 46.9 Å². The molecule has 1 aliphatic carbocycles. The van der Waals surface area contributed by atoms with Gasteiger partial charge in [0.2, 0.25) is 0 Å². The molecule has 0 radical (unpaired) electrons. The summed E-state index contributed by atoms with van der Waals surface area (Å²) in [5, 5.41) is 7.81. The Morgan fingerprint density at radius 2 is 2.04 bits per heavy atom. The predicted molar refractivity (Wildman–Crippen MR) is 91.5 cm³/mol. The predicted octanol–water partition coefficient (Wildman–Crippen LogP) is 3.75. The number of carbonyl (C=O) groups excluding carboxylic acids is 1. The van der Waals surface area contributed by atoms with E-state index in [9.17, 15) is 4.79 Å². The van der Waals surface area contributed by atoms with E-state index in [4.69, 9.17) is 0 Å². The van der Waals surface area contributed by atoms with Gasteiger partial charge in [-0.05, 0) is 49.8 Å². The number of nitrogens with one attached hydrogen (secondary N) is 1. The first kappa shape index (κ1) is 15.8. The van der Waals surface area contributed by atoms with Crippen molar-refractivity contribution >= 4 is 5.91 Å². The maximum atomic E-state index is 12.8. The lowest BCUT2D eigenvalue weighted by molar-refractivity contribution is 0.0920. The van der Waals surface area contributed by atoms with Gasteiger partial charge in [0, 0.05) is 6.54 Å². The molecule has 0 spiro atoms. The third kappa shape index (κ3) is 2.90.